The molecule has 1 aliphatic heterocycles. The molecule has 1 saturated heterocycles. The number of aryl methyl sites for hydroxylation is 1. The first-order valence-electron chi connectivity index (χ1n) is 11.6. The van der Waals surface area contributed by atoms with E-state index in [9.17, 15) is 19.7 Å². The van der Waals surface area contributed by atoms with Gasteiger partial charge >= 0.3 is 0 Å². The van der Waals surface area contributed by atoms with Crippen LogP contribution >= 0.6 is 0 Å². The summed E-state index contributed by atoms with van der Waals surface area (Å²) in [6.07, 6.45) is 1.26. The summed E-state index contributed by atoms with van der Waals surface area (Å²) in [5.74, 6) is -0.351. The van der Waals surface area contributed by atoms with Crippen LogP contribution < -0.4 is 15.5 Å². The molecule has 3 aromatic rings. The van der Waals surface area contributed by atoms with Gasteiger partial charge in [0.2, 0.25) is 5.91 Å². The van der Waals surface area contributed by atoms with Crippen molar-refractivity contribution in [2.45, 2.75) is 26.3 Å². The first-order chi connectivity index (χ1) is 16.9. The quantitative estimate of drug-likeness (QED) is 0.384. The number of para-hydroxylation sites is 2. The van der Waals surface area contributed by atoms with E-state index in [2.05, 4.69) is 10.6 Å². The van der Waals surface area contributed by atoms with E-state index in [0.717, 1.165) is 11.1 Å². The molecule has 180 valence electrons. The van der Waals surface area contributed by atoms with Gasteiger partial charge in [0, 0.05) is 42.9 Å². The van der Waals surface area contributed by atoms with Crippen molar-refractivity contribution in [3.05, 3.63) is 99.6 Å². The van der Waals surface area contributed by atoms with E-state index >= 15 is 0 Å². The van der Waals surface area contributed by atoms with Crippen LogP contribution in [0.2, 0.25) is 0 Å². The Morgan fingerprint density at radius 2 is 1.71 bits per heavy atom. The van der Waals surface area contributed by atoms with Crippen LogP contribution in [0.15, 0.2) is 72.8 Å². The lowest BCUT2D eigenvalue weighted by atomic mass is 9.95. The second kappa shape index (κ2) is 10.8. The fraction of sp³-hybridized carbons (Fsp3) is 0.259. The van der Waals surface area contributed by atoms with Crippen molar-refractivity contribution >= 4 is 28.9 Å². The summed E-state index contributed by atoms with van der Waals surface area (Å²) in [6, 6.07) is 21.5. The Bertz CT molecular complexity index is 1220. The molecule has 0 spiro atoms. The van der Waals surface area contributed by atoms with Crippen molar-refractivity contribution in [2.24, 2.45) is 5.92 Å². The van der Waals surface area contributed by atoms with Crippen LogP contribution in [-0.4, -0.2) is 29.8 Å². The highest BCUT2D eigenvalue weighted by molar-refractivity contribution is 6.04. The van der Waals surface area contributed by atoms with Gasteiger partial charge < -0.3 is 15.5 Å². The molecule has 0 aliphatic carbocycles. The molecule has 8 nitrogen and oxygen atoms in total. The molecule has 0 bridgehead atoms. The fourth-order valence-electron chi connectivity index (χ4n) is 4.27. The minimum atomic E-state index is -0.370. The highest BCUT2D eigenvalue weighted by Gasteiger charge is 2.28. The third-order valence-electron chi connectivity index (χ3n) is 6.25. The van der Waals surface area contributed by atoms with Crippen LogP contribution in [0.1, 0.15) is 34.3 Å². The van der Waals surface area contributed by atoms with Gasteiger partial charge in [-0.3, -0.25) is 19.7 Å². The molecule has 8 heteroatoms. The van der Waals surface area contributed by atoms with Gasteiger partial charge in [-0.2, -0.15) is 0 Å². The van der Waals surface area contributed by atoms with Crippen molar-refractivity contribution in [1.82, 2.24) is 5.32 Å². The second-order valence-corrected chi connectivity index (χ2v) is 8.75. The first-order valence-corrected chi connectivity index (χ1v) is 11.6. The van der Waals surface area contributed by atoms with E-state index in [1.807, 2.05) is 48.2 Å². The van der Waals surface area contributed by atoms with Gasteiger partial charge in [-0.1, -0.05) is 42.0 Å². The minimum absolute atomic E-state index is 0.0266. The van der Waals surface area contributed by atoms with Crippen LogP contribution in [0.25, 0.3) is 0 Å². The van der Waals surface area contributed by atoms with Crippen molar-refractivity contribution in [1.29, 1.82) is 0 Å². The predicted octanol–water partition coefficient (Wildman–Crippen LogP) is 4.69. The average molecular weight is 473 g/mol. The number of rotatable bonds is 7. The summed E-state index contributed by atoms with van der Waals surface area (Å²) in [7, 11) is 0. The van der Waals surface area contributed by atoms with Crippen molar-refractivity contribution in [3.63, 3.8) is 0 Å². The molecule has 35 heavy (non-hydrogen) atoms. The Balaban J connectivity index is 1.29. The van der Waals surface area contributed by atoms with Crippen molar-refractivity contribution in [3.8, 4) is 0 Å². The zero-order valence-electron chi connectivity index (χ0n) is 19.6. The lowest BCUT2D eigenvalue weighted by Crippen LogP contribution is -2.40. The van der Waals surface area contributed by atoms with Crippen molar-refractivity contribution < 1.29 is 14.5 Å². The molecule has 2 N–H and O–H groups in total. The first kappa shape index (κ1) is 23.9. The largest absolute Gasteiger partial charge is 0.366 e. The zero-order chi connectivity index (χ0) is 24.8. The van der Waals surface area contributed by atoms with Crippen LogP contribution in [0.5, 0.6) is 0 Å². The molecule has 0 unspecified atom stereocenters. The molecule has 0 radical (unpaired) electrons. The molecule has 0 saturated carbocycles. The van der Waals surface area contributed by atoms with Crippen molar-refractivity contribution in [2.75, 3.05) is 23.3 Å². The average Bonchev–Trinajstić information content (AvgIpc) is 2.88. The van der Waals surface area contributed by atoms with Gasteiger partial charge in [-0.05, 0) is 55.7 Å². The molecule has 1 fully saturated rings. The summed E-state index contributed by atoms with van der Waals surface area (Å²) < 4.78 is 0. The number of amides is 2. The fourth-order valence-corrected chi connectivity index (χ4v) is 4.27. The maximum Gasteiger partial charge on any atom is 0.292 e. The molecular weight excluding hydrogens is 444 g/mol. The SMILES string of the molecule is Cc1ccc(C(=O)Nc2cccc(CNC(=O)C3CCN(c4ccccc4[N+](=O)[O-])CC3)c2)cc1. The third kappa shape index (κ3) is 6.03. The normalized spacial score (nSPS) is 13.8. The lowest BCUT2D eigenvalue weighted by molar-refractivity contribution is -0.384. The van der Waals surface area contributed by atoms with E-state index in [1.54, 1.807) is 30.3 Å². The second-order valence-electron chi connectivity index (χ2n) is 8.75. The van der Waals surface area contributed by atoms with Gasteiger partial charge in [-0.25, -0.2) is 0 Å². The number of hydrogen-bond donors (Lipinski definition) is 2. The summed E-state index contributed by atoms with van der Waals surface area (Å²) in [5.41, 5.74) is 3.91. The number of nitro benzene ring substituents is 1. The smallest absolute Gasteiger partial charge is 0.292 e. The molecule has 1 heterocycles. The van der Waals surface area contributed by atoms with E-state index in [1.165, 1.54) is 6.07 Å². The molecule has 1 aliphatic rings. The maximum absolute atomic E-state index is 12.8. The number of nitrogens with zero attached hydrogens (tertiary/aromatic N) is 2. The number of nitrogens with one attached hydrogen (secondary N) is 2. The van der Waals surface area contributed by atoms with Gasteiger partial charge in [-0.15, -0.1) is 0 Å². The third-order valence-corrected chi connectivity index (χ3v) is 6.25. The summed E-state index contributed by atoms with van der Waals surface area (Å²) >= 11 is 0. The Labute approximate surface area is 204 Å². The van der Waals surface area contributed by atoms with Crippen LogP contribution in [0.4, 0.5) is 17.1 Å². The number of benzene rings is 3. The Morgan fingerprint density at radius 3 is 2.43 bits per heavy atom. The van der Waals surface area contributed by atoms with Gasteiger partial charge in [0.25, 0.3) is 11.6 Å². The summed E-state index contributed by atoms with van der Waals surface area (Å²) in [4.78, 5) is 38.2. The zero-order valence-corrected chi connectivity index (χ0v) is 19.6. The van der Waals surface area contributed by atoms with E-state index in [0.29, 0.717) is 49.4 Å². The Hall–Kier alpha value is -4.20. The number of hydrogen-bond acceptors (Lipinski definition) is 5. The van der Waals surface area contributed by atoms with Crippen LogP contribution in [0.3, 0.4) is 0 Å². The summed E-state index contributed by atoms with van der Waals surface area (Å²) in [5, 5.41) is 17.2. The maximum atomic E-state index is 12.8. The minimum Gasteiger partial charge on any atom is -0.366 e. The number of carbonyl (C=O) groups excluding carboxylic acids is 2. The highest BCUT2D eigenvalue weighted by Crippen LogP contribution is 2.31. The summed E-state index contributed by atoms with van der Waals surface area (Å²) in [6.45, 7) is 3.50. The lowest BCUT2D eigenvalue weighted by Gasteiger charge is -2.32. The number of anilines is 2. The molecular formula is C27H28N4O4. The topological polar surface area (TPSA) is 105 Å². The molecule has 4 rings (SSSR count). The van der Waals surface area contributed by atoms with Crippen LogP contribution in [0, 0.1) is 23.0 Å². The van der Waals surface area contributed by atoms with Gasteiger partial charge in [0.05, 0.1) is 4.92 Å². The van der Waals surface area contributed by atoms with E-state index in [4.69, 9.17) is 0 Å². The molecule has 2 amide bonds. The molecule has 3 aromatic carbocycles. The Morgan fingerprint density at radius 1 is 1.00 bits per heavy atom. The Kier molecular flexibility index (Phi) is 7.40. The molecule has 0 atom stereocenters. The predicted molar refractivity (Wildman–Crippen MR) is 135 cm³/mol. The number of piperidine rings is 1. The highest BCUT2D eigenvalue weighted by atomic mass is 16.6. The monoisotopic (exact) mass is 472 g/mol. The number of nitro groups is 1. The van der Waals surface area contributed by atoms with Gasteiger partial charge in [0.1, 0.15) is 5.69 Å². The molecule has 0 aromatic heterocycles. The van der Waals surface area contributed by atoms with E-state index < -0.39 is 0 Å². The van der Waals surface area contributed by atoms with E-state index in [-0.39, 0.29) is 28.3 Å². The van der Waals surface area contributed by atoms with Gasteiger partial charge in [0.15, 0.2) is 0 Å². The standard InChI is InChI=1S/C27H28N4O4/c1-19-9-11-21(12-10-19)27(33)29-23-6-4-5-20(17-23)18-28-26(32)22-13-15-30(16-14-22)24-7-2-3-8-25(24)31(34)35/h2-12,17,22H,13-16,18H2,1H3,(H,28,32)(H,29,33). The van der Waals surface area contributed by atoms with Crippen LogP contribution in [-0.2, 0) is 11.3 Å². The number of carbonyl (C=O) groups is 2.